The van der Waals surface area contributed by atoms with Gasteiger partial charge >= 0.3 is 0 Å². The minimum atomic E-state index is 0.0872. The van der Waals surface area contributed by atoms with E-state index in [4.69, 9.17) is 0 Å². The average Bonchev–Trinajstić information content (AvgIpc) is 2.64. The Morgan fingerprint density at radius 3 is 2.94 bits per heavy atom. The first-order valence-corrected chi connectivity index (χ1v) is 6.23. The summed E-state index contributed by atoms with van der Waals surface area (Å²) in [6.45, 7) is 2.65. The van der Waals surface area contributed by atoms with Gasteiger partial charge in [0.25, 0.3) is 0 Å². The minimum Gasteiger partial charge on any atom is -0.380 e. The molecule has 0 bridgehead atoms. The number of ketones is 1. The van der Waals surface area contributed by atoms with E-state index in [-0.39, 0.29) is 11.8 Å². The molecule has 1 fully saturated rings. The molecular weight excluding hydrogens is 212 g/mol. The third-order valence-corrected chi connectivity index (χ3v) is 4.15. The fraction of sp³-hybridized carbons (Fsp3) is 0.500. The molecule has 2 heterocycles. The smallest absolute Gasteiger partial charge is 0.146 e. The van der Waals surface area contributed by atoms with Gasteiger partial charge in [0.15, 0.2) is 0 Å². The van der Waals surface area contributed by atoms with Crippen LogP contribution in [-0.2, 0) is 4.79 Å². The molecule has 2 aliphatic heterocycles. The lowest BCUT2D eigenvalue weighted by molar-refractivity contribution is -0.123. The van der Waals surface area contributed by atoms with Crippen LogP contribution < -0.4 is 5.32 Å². The lowest BCUT2D eigenvalue weighted by Crippen LogP contribution is -2.50. The Morgan fingerprint density at radius 1 is 1.41 bits per heavy atom. The Hall–Kier alpha value is -1.35. The van der Waals surface area contributed by atoms with Gasteiger partial charge in [0.05, 0.1) is 6.04 Å². The van der Waals surface area contributed by atoms with Gasteiger partial charge in [-0.3, -0.25) is 9.69 Å². The topological polar surface area (TPSA) is 32.3 Å². The van der Waals surface area contributed by atoms with Gasteiger partial charge in [-0.2, -0.15) is 0 Å². The van der Waals surface area contributed by atoms with Crippen molar-refractivity contribution in [1.82, 2.24) is 4.90 Å². The first kappa shape index (κ1) is 10.8. The zero-order valence-corrected chi connectivity index (χ0v) is 10.3. The first-order chi connectivity index (χ1) is 8.16. The number of likely N-dealkylation sites (tertiary alicyclic amines) is 1. The molecule has 17 heavy (non-hydrogen) atoms. The number of piperidine rings is 1. The normalized spacial score (nSPS) is 31.5. The lowest BCUT2D eigenvalue weighted by atomic mass is 9.83. The Bertz CT molecular complexity index is 457. The fourth-order valence-corrected chi connectivity index (χ4v) is 3.27. The number of nitrogens with one attached hydrogen (secondary N) is 1. The lowest BCUT2D eigenvalue weighted by Gasteiger charge is -2.38. The second-order valence-corrected chi connectivity index (χ2v) is 5.25. The number of fused-ring (bicyclic) bond motifs is 3. The molecule has 1 aromatic carbocycles. The van der Waals surface area contributed by atoms with Gasteiger partial charge in [-0.05, 0) is 32.0 Å². The summed E-state index contributed by atoms with van der Waals surface area (Å²) in [6, 6.07) is 9.03. The molecule has 3 unspecified atom stereocenters. The molecular formula is C14H18N2O. The number of likely N-dealkylation sites (N-methyl/N-ethyl adjacent to an activating group) is 1. The molecule has 0 aromatic heterocycles. The quantitative estimate of drug-likeness (QED) is 0.799. The van der Waals surface area contributed by atoms with Gasteiger partial charge in [0.2, 0.25) is 0 Å². The number of carbonyl (C=O) groups is 1. The number of para-hydroxylation sites is 1. The van der Waals surface area contributed by atoms with E-state index < -0.39 is 0 Å². The van der Waals surface area contributed by atoms with E-state index in [1.54, 1.807) is 6.92 Å². The Balaban J connectivity index is 1.91. The number of nitrogens with zero attached hydrogens (tertiary/aromatic N) is 1. The maximum Gasteiger partial charge on any atom is 0.146 e. The van der Waals surface area contributed by atoms with Crippen molar-refractivity contribution in [2.45, 2.75) is 31.3 Å². The summed E-state index contributed by atoms with van der Waals surface area (Å²) in [6.07, 6.45) is 0.945. The highest BCUT2D eigenvalue weighted by Gasteiger charge is 2.40. The standard InChI is InChI=1S/C14H18N2O/c1-9(17)14-7-11-10-5-3-4-6-12(10)15-13(11)8-16(14)2/h3-6,11,13-15H,7-8H2,1-2H3. The number of benzene rings is 1. The molecule has 3 nitrogen and oxygen atoms in total. The maximum absolute atomic E-state index is 11.6. The number of rotatable bonds is 1. The predicted octanol–water partition coefficient (Wildman–Crippen LogP) is 1.86. The maximum atomic E-state index is 11.6. The van der Waals surface area contributed by atoms with E-state index in [1.165, 1.54) is 11.3 Å². The van der Waals surface area contributed by atoms with E-state index in [0.29, 0.717) is 12.0 Å². The molecule has 3 atom stereocenters. The van der Waals surface area contributed by atoms with Crippen LogP contribution in [-0.4, -0.2) is 36.4 Å². The number of hydrogen-bond donors (Lipinski definition) is 1. The summed E-state index contributed by atoms with van der Waals surface area (Å²) in [4.78, 5) is 13.8. The molecule has 3 heteroatoms. The van der Waals surface area contributed by atoms with Crippen LogP contribution >= 0.6 is 0 Å². The van der Waals surface area contributed by atoms with Gasteiger partial charge in [0, 0.05) is 24.2 Å². The fourth-order valence-electron chi connectivity index (χ4n) is 3.27. The number of anilines is 1. The van der Waals surface area contributed by atoms with E-state index in [0.717, 1.165) is 13.0 Å². The molecule has 0 saturated carbocycles. The van der Waals surface area contributed by atoms with Crippen molar-refractivity contribution in [3.63, 3.8) is 0 Å². The van der Waals surface area contributed by atoms with Crippen molar-refractivity contribution in [1.29, 1.82) is 0 Å². The molecule has 0 aliphatic carbocycles. The minimum absolute atomic E-state index is 0.0872. The molecule has 1 saturated heterocycles. The largest absolute Gasteiger partial charge is 0.380 e. The van der Waals surface area contributed by atoms with Gasteiger partial charge < -0.3 is 5.32 Å². The van der Waals surface area contributed by atoms with Crippen LogP contribution in [0, 0.1) is 0 Å². The van der Waals surface area contributed by atoms with Crippen LogP contribution in [0.2, 0.25) is 0 Å². The molecule has 0 spiro atoms. The van der Waals surface area contributed by atoms with E-state index >= 15 is 0 Å². The number of hydrogen-bond acceptors (Lipinski definition) is 3. The third-order valence-electron chi connectivity index (χ3n) is 4.15. The van der Waals surface area contributed by atoms with Crippen molar-refractivity contribution in [2.75, 3.05) is 18.9 Å². The van der Waals surface area contributed by atoms with Crippen LogP contribution in [0.1, 0.15) is 24.8 Å². The van der Waals surface area contributed by atoms with E-state index in [9.17, 15) is 4.79 Å². The van der Waals surface area contributed by atoms with Gasteiger partial charge in [-0.25, -0.2) is 0 Å². The van der Waals surface area contributed by atoms with Gasteiger partial charge in [-0.1, -0.05) is 18.2 Å². The van der Waals surface area contributed by atoms with Crippen molar-refractivity contribution in [2.24, 2.45) is 0 Å². The number of Topliss-reactive ketones (excluding diaryl/α,β-unsaturated/α-hetero) is 1. The number of carbonyl (C=O) groups excluding carboxylic acids is 1. The molecule has 2 aliphatic rings. The summed E-state index contributed by atoms with van der Waals surface area (Å²) in [7, 11) is 2.05. The van der Waals surface area contributed by atoms with Crippen molar-refractivity contribution in [3.05, 3.63) is 29.8 Å². The highest BCUT2D eigenvalue weighted by molar-refractivity contribution is 5.82. The molecule has 90 valence electrons. The summed E-state index contributed by atoms with van der Waals surface area (Å²) in [5.74, 6) is 0.784. The van der Waals surface area contributed by atoms with Crippen LogP contribution in [0.15, 0.2) is 24.3 Å². The van der Waals surface area contributed by atoms with Gasteiger partial charge in [0.1, 0.15) is 5.78 Å². The Labute approximate surface area is 102 Å². The molecule has 0 amide bonds. The van der Waals surface area contributed by atoms with Crippen LogP contribution in [0.3, 0.4) is 0 Å². The predicted molar refractivity (Wildman–Crippen MR) is 68.3 cm³/mol. The second kappa shape index (κ2) is 3.84. The zero-order valence-electron chi connectivity index (χ0n) is 10.3. The van der Waals surface area contributed by atoms with Crippen molar-refractivity contribution >= 4 is 11.5 Å². The molecule has 1 N–H and O–H groups in total. The van der Waals surface area contributed by atoms with E-state index in [2.05, 4.69) is 34.5 Å². The second-order valence-electron chi connectivity index (χ2n) is 5.25. The summed E-state index contributed by atoms with van der Waals surface area (Å²) in [5.41, 5.74) is 2.64. The third kappa shape index (κ3) is 1.65. The highest BCUT2D eigenvalue weighted by atomic mass is 16.1. The van der Waals surface area contributed by atoms with Crippen LogP contribution in [0.5, 0.6) is 0 Å². The average molecular weight is 230 g/mol. The first-order valence-electron chi connectivity index (χ1n) is 6.23. The molecule has 3 rings (SSSR count). The molecule has 1 aromatic rings. The summed E-state index contributed by atoms with van der Waals surface area (Å²) in [5, 5.41) is 3.57. The van der Waals surface area contributed by atoms with Crippen LogP contribution in [0.4, 0.5) is 5.69 Å². The zero-order chi connectivity index (χ0) is 12.0. The Morgan fingerprint density at radius 2 is 2.18 bits per heavy atom. The van der Waals surface area contributed by atoms with Gasteiger partial charge in [-0.15, -0.1) is 0 Å². The summed E-state index contributed by atoms with van der Waals surface area (Å²) >= 11 is 0. The van der Waals surface area contributed by atoms with Crippen molar-refractivity contribution < 1.29 is 4.79 Å². The molecule has 0 radical (unpaired) electrons. The SMILES string of the molecule is CC(=O)C1CC2c3ccccc3NC2CN1C. The summed E-state index contributed by atoms with van der Waals surface area (Å²) < 4.78 is 0. The Kier molecular flexibility index (Phi) is 2.44. The van der Waals surface area contributed by atoms with Crippen molar-refractivity contribution in [3.8, 4) is 0 Å². The van der Waals surface area contributed by atoms with Crippen LogP contribution in [0.25, 0.3) is 0 Å². The van der Waals surface area contributed by atoms with E-state index in [1.807, 2.05) is 7.05 Å². The monoisotopic (exact) mass is 230 g/mol. The highest BCUT2D eigenvalue weighted by Crippen LogP contribution is 2.41.